The summed E-state index contributed by atoms with van der Waals surface area (Å²) < 4.78 is 26.8. The van der Waals surface area contributed by atoms with Gasteiger partial charge in [-0.15, -0.1) is 0 Å². The number of amides is 1. The Kier molecular flexibility index (Phi) is 5.26. The molecule has 0 heterocycles. The first-order valence-electron chi connectivity index (χ1n) is 7.42. The lowest BCUT2D eigenvalue weighted by Crippen LogP contribution is -2.30. The Bertz CT molecular complexity index is 861. The molecule has 0 aliphatic carbocycles. The van der Waals surface area contributed by atoms with Crippen LogP contribution in [0.4, 0.5) is 5.69 Å². The molecule has 128 valence electrons. The molecule has 0 fully saturated rings. The summed E-state index contributed by atoms with van der Waals surface area (Å²) in [6.45, 7) is 5.25. The lowest BCUT2D eigenvalue weighted by molar-refractivity contribution is 0.102. The number of hydrogen-bond donors (Lipinski definition) is 3. The molecule has 0 saturated heterocycles. The lowest BCUT2D eigenvalue weighted by Gasteiger charge is -2.11. The van der Waals surface area contributed by atoms with Crippen molar-refractivity contribution in [1.82, 2.24) is 4.72 Å². The van der Waals surface area contributed by atoms with Gasteiger partial charge in [-0.05, 0) is 56.7 Å². The van der Waals surface area contributed by atoms with Crippen LogP contribution in [-0.4, -0.2) is 25.5 Å². The minimum atomic E-state index is -3.68. The van der Waals surface area contributed by atoms with Gasteiger partial charge in [-0.3, -0.25) is 4.79 Å². The smallest absolute Gasteiger partial charge is 0.255 e. The molecule has 0 aliphatic rings. The summed E-state index contributed by atoms with van der Waals surface area (Å²) in [5.74, 6) is -0.552. The summed E-state index contributed by atoms with van der Waals surface area (Å²) in [5, 5.41) is 12.4. The summed E-state index contributed by atoms with van der Waals surface area (Å²) in [7, 11) is -3.68. The fraction of sp³-hybridized carbons (Fsp3) is 0.235. The van der Waals surface area contributed by atoms with Gasteiger partial charge in [0.2, 0.25) is 10.0 Å². The van der Waals surface area contributed by atoms with Crippen molar-refractivity contribution in [2.24, 2.45) is 0 Å². The van der Waals surface area contributed by atoms with Crippen LogP contribution in [0.15, 0.2) is 47.4 Å². The van der Waals surface area contributed by atoms with Gasteiger partial charge in [0.1, 0.15) is 5.75 Å². The molecule has 0 aliphatic heterocycles. The number of anilines is 1. The molecule has 7 heteroatoms. The normalized spacial score (nSPS) is 11.5. The maximum Gasteiger partial charge on any atom is 0.255 e. The summed E-state index contributed by atoms with van der Waals surface area (Å²) in [6.07, 6.45) is 0. The Morgan fingerprint density at radius 1 is 1.12 bits per heavy atom. The third kappa shape index (κ3) is 4.33. The second kappa shape index (κ2) is 7.02. The molecule has 2 aromatic rings. The van der Waals surface area contributed by atoms with E-state index in [0.29, 0.717) is 0 Å². The highest BCUT2D eigenvalue weighted by Gasteiger charge is 2.17. The van der Waals surface area contributed by atoms with E-state index in [1.165, 1.54) is 30.3 Å². The second-order valence-electron chi connectivity index (χ2n) is 5.78. The van der Waals surface area contributed by atoms with E-state index in [2.05, 4.69) is 10.0 Å². The largest absolute Gasteiger partial charge is 0.506 e. The average molecular weight is 348 g/mol. The van der Waals surface area contributed by atoms with Crippen molar-refractivity contribution in [2.45, 2.75) is 31.7 Å². The molecule has 0 atom stereocenters. The number of rotatable bonds is 5. The van der Waals surface area contributed by atoms with Gasteiger partial charge in [-0.2, -0.15) is 0 Å². The molecule has 0 radical (unpaired) electrons. The number of phenolic OH excluding ortho intramolecular Hbond substituents is 1. The predicted molar refractivity (Wildman–Crippen MR) is 92.7 cm³/mol. The molecule has 1 amide bonds. The number of hydrogen-bond acceptors (Lipinski definition) is 4. The molecule has 2 rings (SSSR count). The molecule has 6 nitrogen and oxygen atoms in total. The quantitative estimate of drug-likeness (QED) is 0.724. The van der Waals surface area contributed by atoms with Gasteiger partial charge in [-0.25, -0.2) is 13.1 Å². The molecule has 0 spiro atoms. The van der Waals surface area contributed by atoms with Crippen LogP contribution < -0.4 is 10.0 Å². The maximum atomic E-state index is 12.3. The summed E-state index contributed by atoms with van der Waals surface area (Å²) in [5.41, 5.74) is 1.30. The Hall–Kier alpha value is -2.38. The number of aromatic hydroxyl groups is 1. The van der Waals surface area contributed by atoms with Gasteiger partial charge >= 0.3 is 0 Å². The van der Waals surface area contributed by atoms with E-state index in [0.717, 1.165) is 5.56 Å². The number of nitrogens with one attached hydrogen (secondary N) is 2. The number of sulfonamides is 1. The Balaban J connectivity index is 2.26. The van der Waals surface area contributed by atoms with Crippen LogP contribution >= 0.6 is 0 Å². The first-order chi connectivity index (χ1) is 11.2. The van der Waals surface area contributed by atoms with Crippen molar-refractivity contribution in [3.63, 3.8) is 0 Å². The molecule has 0 aromatic heterocycles. The minimum absolute atomic E-state index is 0.0111. The van der Waals surface area contributed by atoms with E-state index >= 15 is 0 Å². The Morgan fingerprint density at radius 2 is 1.83 bits per heavy atom. The lowest BCUT2D eigenvalue weighted by atomic mass is 10.2. The monoisotopic (exact) mass is 348 g/mol. The maximum absolute atomic E-state index is 12.3. The number of phenols is 1. The number of carbonyl (C=O) groups is 1. The van der Waals surface area contributed by atoms with Gasteiger partial charge in [0, 0.05) is 11.6 Å². The van der Waals surface area contributed by atoms with E-state index in [-0.39, 0.29) is 27.9 Å². The van der Waals surface area contributed by atoms with Crippen molar-refractivity contribution in [2.75, 3.05) is 5.32 Å². The standard InChI is InChI=1S/C17H20N2O4S/c1-11(2)19-24(22,23)14-6-4-5-13(10-14)17(21)18-15-8-7-12(3)9-16(15)20/h4-11,19-20H,1-3H3,(H,18,21). The highest BCUT2D eigenvalue weighted by molar-refractivity contribution is 7.89. The van der Waals surface area contributed by atoms with Crippen molar-refractivity contribution >= 4 is 21.6 Å². The van der Waals surface area contributed by atoms with Gasteiger partial charge in [0.05, 0.1) is 10.6 Å². The molecule has 0 unspecified atom stereocenters. The molecular formula is C17H20N2O4S. The molecule has 24 heavy (non-hydrogen) atoms. The number of carbonyl (C=O) groups excluding carboxylic acids is 1. The SMILES string of the molecule is Cc1ccc(NC(=O)c2cccc(S(=O)(=O)NC(C)C)c2)c(O)c1. The third-order valence-electron chi connectivity index (χ3n) is 3.20. The zero-order valence-corrected chi connectivity index (χ0v) is 14.5. The topological polar surface area (TPSA) is 95.5 Å². The summed E-state index contributed by atoms with van der Waals surface area (Å²) in [6, 6.07) is 10.3. The fourth-order valence-corrected chi connectivity index (χ4v) is 3.42. The van der Waals surface area contributed by atoms with E-state index in [4.69, 9.17) is 0 Å². The molecule has 0 saturated carbocycles. The van der Waals surface area contributed by atoms with Gasteiger partial charge in [-0.1, -0.05) is 12.1 Å². The van der Waals surface area contributed by atoms with E-state index in [1.807, 2.05) is 6.92 Å². The Labute approximate surface area is 141 Å². The van der Waals surface area contributed by atoms with Crippen molar-refractivity contribution in [3.05, 3.63) is 53.6 Å². The average Bonchev–Trinajstić information content (AvgIpc) is 2.49. The van der Waals surface area contributed by atoms with Crippen LogP contribution in [0, 0.1) is 6.92 Å². The number of aryl methyl sites for hydroxylation is 1. The van der Waals surface area contributed by atoms with Crippen LogP contribution in [0.2, 0.25) is 0 Å². The van der Waals surface area contributed by atoms with Crippen LogP contribution in [0.3, 0.4) is 0 Å². The van der Waals surface area contributed by atoms with Crippen molar-refractivity contribution < 1.29 is 18.3 Å². The zero-order chi connectivity index (χ0) is 17.9. The third-order valence-corrected chi connectivity index (χ3v) is 4.86. The first kappa shape index (κ1) is 18.0. The van der Waals surface area contributed by atoms with Crippen LogP contribution in [0.1, 0.15) is 29.8 Å². The molecule has 3 N–H and O–H groups in total. The molecule has 0 bridgehead atoms. The van der Waals surface area contributed by atoms with Crippen LogP contribution in [0.5, 0.6) is 5.75 Å². The summed E-state index contributed by atoms with van der Waals surface area (Å²) in [4.78, 5) is 12.3. The zero-order valence-electron chi connectivity index (χ0n) is 13.7. The minimum Gasteiger partial charge on any atom is -0.506 e. The molecule has 2 aromatic carbocycles. The highest BCUT2D eigenvalue weighted by atomic mass is 32.2. The van der Waals surface area contributed by atoms with E-state index in [9.17, 15) is 18.3 Å². The van der Waals surface area contributed by atoms with E-state index in [1.54, 1.807) is 26.0 Å². The summed E-state index contributed by atoms with van der Waals surface area (Å²) >= 11 is 0. The fourth-order valence-electron chi connectivity index (χ4n) is 2.12. The van der Waals surface area contributed by atoms with E-state index < -0.39 is 15.9 Å². The van der Waals surface area contributed by atoms with Gasteiger partial charge in [0.25, 0.3) is 5.91 Å². The first-order valence-corrected chi connectivity index (χ1v) is 8.91. The van der Waals surface area contributed by atoms with Crippen molar-refractivity contribution in [1.29, 1.82) is 0 Å². The Morgan fingerprint density at radius 3 is 2.46 bits per heavy atom. The van der Waals surface area contributed by atoms with Crippen LogP contribution in [0.25, 0.3) is 0 Å². The van der Waals surface area contributed by atoms with Gasteiger partial charge in [0.15, 0.2) is 0 Å². The van der Waals surface area contributed by atoms with Gasteiger partial charge < -0.3 is 10.4 Å². The van der Waals surface area contributed by atoms with Crippen molar-refractivity contribution in [3.8, 4) is 5.75 Å². The van der Waals surface area contributed by atoms with Crippen LogP contribution in [-0.2, 0) is 10.0 Å². The number of benzene rings is 2. The predicted octanol–water partition coefficient (Wildman–Crippen LogP) is 2.64. The molecular weight excluding hydrogens is 328 g/mol. The second-order valence-corrected chi connectivity index (χ2v) is 7.49. The highest BCUT2D eigenvalue weighted by Crippen LogP contribution is 2.24.